The Morgan fingerprint density at radius 3 is 3.08 bits per heavy atom. The molecule has 1 aliphatic heterocycles. The van der Waals surface area contributed by atoms with Crippen molar-refractivity contribution in [3.05, 3.63) is 0 Å². The van der Waals surface area contributed by atoms with Crippen molar-refractivity contribution in [1.82, 2.24) is 5.32 Å². The number of hydrogen-bond acceptors (Lipinski definition) is 3. The fourth-order valence-corrected chi connectivity index (χ4v) is 1.83. The van der Waals surface area contributed by atoms with Gasteiger partial charge in [-0.15, -0.1) is 0 Å². The summed E-state index contributed by atoms with van der Waals surface area (Å²) in [6.07, 6.45) is 3.87. The average Bonchev–Trinajstić information content (AvgIpc) is 2.49. The van der Waals surface area contributed by atoms with Crippen LogP contribution >= 0.6 is 0 Å². The smallest absolute Gasteiger partial charge is 0.0620 e. The van der Waals surface area contributed by atoms with Crippen molar-refractivity contribution in [2.24, 2.45) is 0 Å². The predicted molar refractivity (Wildman–Crippen MR) is 50.8 cm³/mol. The third-order valence-electron chi connectivity index (χ3n) is 1.97. The largest absolute Gasteiger partial charge is 0.380 e. The third kappa shape index (κ3) is 4.18. The molecule has 0 aliphatic carbocycles. The highest BCUT2D eigenvalue weighted by molar-refractivity contribution is 7.84. The van der Waals surface area contributed by atoms with Crippen LogP contribution in [0.3, 0.4) is 0 Å². The molecule has 0 saturated carbocycles. The lowest BCUT2D eigenvalue weighted by Gasteiger charge is -2.08. The Morgan fingerprint density at radius 2 is 2.50 bits per heavy atom. The highest BCUT2D eigenvalue weighted by Crippen LogP contribution is 2.02. The molecule has 12 heavy (non-hydrogen) atoms. The minimum absolute atomic E-state index is 0.537. The van der Waals surface area contributed by atoms with Crippen LogP contribution in [0.25, 0.3) is 0 Å². The molecule has 0 aromatic heterocycles. The summed E-state index contributed by atoms with van der Waals surface area (Å²) in [4.78, 5) is 0. The third-order valence-corrected chi connectivity index (χ3v) is 2.83. The van der Waals surface area contributed by atoms with E-state index in [2.05, 4.69) is 5.32 Å². The van der Waals surface area contributed by atoms with Gasteiger partial charge in [-0.25, -0.2) is 0 Å². The lowest BCUT2D eigenvalue weighted by Crippen LogP contribution is -2.30. The van der Waals surface area contributed by atoms with Crippen LogP contribution in [0.5, 0.6) is 0 Å². The van der Waals surface area contributed by atoms with Gasteiger partial charge in [-0.2, -0.15) is 0 Å². The second-order valence-electron chi connectivity index (χ2n) is 3.15. The minimum atomic E-state index is -0.640. The van der Waals surface area contributed by atoms with Gasteiger partial charge in [0.25, 0.3) is 0 Å². The van der Waals surface area contributed by atoms with E-state index in [0.717, 1.165) is 38.4 Å². The van der Waals surface area contributed by atoms with Gasteiger partial charge < -0.3 is 10.1 Å². The van der Waals surface area contributed by atoms with Gasteiger partial charge in [-0.1, -0.05) is 0 Å². The van der Waals surface area contributed by atoms with Crippen LogP contribution < -0.4 is 5.32 Å². The minimum Gasteiger partial charge on any atom is -0.380 e. The zero-order chi connectivity index (χ0) is 8.81. The molecule has 3 nitrogen and oxygen atoms in total. The van der Waals surface area contributed by atoms with Gasteiger partial charge >= 0.3 is 0 Å². The molecule has 0 bridgehead atoms. The van der Waals surface area contributed by atoms with Crippen LogP contribution in [-0.2, 0) is 15.5 Å². The zero-order valence-electron chi connectivity index (χ0n) is 7.54. The Morgan fingerprint density at radius 1 is 1.67 bits per heavy atom. The molecule has 1 saturated heterocycles. The maximum absolute atomic E-state index is 10.7. The van der Waals surface area contributed by atoms with Crippen LogP contribution in [0.2, 0.25) is 0 Å². The van der Waals surface area contributed by atoms with Crippen LogP contribution in [0, 0.1) is 0 Å². The van der Waals surface area contributed by atoms with Crippen molar-refractivity contribution in [3.8, 4) is 0 Å². The van der Waals surface area contributed by atoms with E-state index in [4.69, 9.17) is 4.74 Å². The molecule has 1 rings (SSSR count). The highest BCUT2D eigenvalue weighted by atomic mass is 32.2. The molecular formula is C8H17NO2S. The molecule has 72 valence electrons. The van der Waals surface area contributed by atoms with Crippen molar-refractivity contribution in [3.63, 3.8) is 0 Å². The van der Waals surface area contributed by atoms with E-state index in [0.29, 0.717) is 6.04 Å². The summed E-state index contributed by atoms with van der Waals surface area (Å²) in [6, 6.07) is 0.537. The Hall–Kier alpha value is 0.0700. The standard InChI is InChI=1S/C8H17NO2S/c1-12(10)6-2-4-9-8-3-5-11-7-8/h8-9H,2-7H2,1H3. The van der Waals surface area contributed by atoms with E-state index >= 15 is 0 Å². The van der Waals surface area contributed by atoms with E-state index in [9.17, 15) is 4.21 Å². The van der Waals surface area contributed by atoms with Gasteiger partial charge in [0.2, 0.25) is 0 Å². The number of hydrogen-bond donors (Lipinski definition) is 1. The van der Waals surface area contributed by atoms with Gasteiger partial charge in [0.15, 0.2) is 0 Å². The number of rotatable bonds is 5. The molecule has 1 fully saturated rings. The molecular weight excluding hydrogens is 174 g/mol. The normalized spacial score (nSPS) is 25.9. The second-order valence-corrected chi connectivity index (χ2v) is 4.70. The van der Waals surface area contributed by atoms with Gasteiger partial charge in [0.1, 0.15) is 0 Å². The molecule has 0 radical (unpaired) electrons. The van der Waals surface area contributed by atoms with Crippen LogP contribution in [0.4, 0.5) is 0 Å². The topological polar surface area (TPSA) is 38.3 Å². The first kappa shape index (κ1) is 10.2. The highest BCUT2D eigenvalue weighted by Gasteiger charge is 2.13. The fourth-order valence-electron chi connectivity index (χ4n) is 1.28. The molecule has 2 unspecified atom stereocenters. The lowest BCUT2D eigenvalue weighted by atomic mass is 10.2. The van der Waals surface area contributed by atoms with E-state index < -0.39 is 10.8 Å². The van der Waals surface area contributed by atoms with Crippen molar-refractivity contribution in [2.75, 3.05) is 31.8 Å². The Kier molecular flexibility index (Phi) is 4.80. The van der Waals surface area contributed by atoms with Crippen LogP contribution in [-0.4, -0.2) is 42.0 Å². The molecule has 1 heterocycles. The summed E-state index contributed by atoms with van der Waals surface area (Å²) >= 11 is 0. The van der Waals surface area contributed by atoms with Crippen LogP contribution in [0.15, 0.2) is 0 Å². The maximum Gasteiger partial charge on any atom is 0.0620 e. The first-order valence-corrected chi connectivity index (χ1v) is 6.13. The molecule has 0 spiro atoms. The zero-order valence-corrected chi connectivity index (χ0v) is 8.36. The summed E-state index contributed by atoms with van der Waals surface area (Å²) in [5.74, 6) is 0.806. The second kappa shape index (κ2) is 5.67. The van der Waals surface area contributed by atoms with E-state index in [1.807, 2.05) is 0 Å². The molecule has 2 atom stereocenters. The molecule has 1 aliphatic rings. The summed E-state index contributed by atoms with van der Waals surface area (Å²) < 4.78 is 15.9. The molecule has 0 aromatic carbocycles. The van der Waals surface area contributed by atoms with Gasteiger partial charge in [0.05, 0.1) is 6.61 Å². The van der Waals surface area contributed by atoms with Crippen molar-refractivity contribution in [1.29, 1.82) is 0 Å². The SMILES string of the molecule is CS(=O)CCCNC1CCOC1. The number of nitrogens with one attached hydrogen (secondary N) is 1. The van der Waals surface area contributed by atoms with E-state index in [1.54, 1.807) is 6.26 Å². The number of ether oxygens (including phenoxy) is 1. The fraction of sp³-hybridized carbons (Fsp3) is 1.00. The average molecular weight is 191 g/mol. The van der Waals surface area contributed by atoms with Crippen molar-refractivity contribution in [2.45, 2.75) is 18.9 Å². The molecule has 0 amide bonds. The monoisotopic (exact) mass is 191 g/mol. The summed E-state index contributed by atoms with van der Waals surface area (Å²) in [5, 5.41) is 3.38. The summed E-state index contributed by atoms with van der Waals surface area (Å²) in [6.45, 7) is 2.69. The summed E-state index contributed by atoms with van der Waals surface area (Å²) in [5.41, 5.74) is 0. The maximum atomic E-state index is 10.7. The molecule has 1 N–H and O–H groups in total. The van der Waals surface area contributed by atoms with Crippen molar-refractivity contribution >= 4 is 10.8 Å². The lowest BCUT2D eigenvalue weighted by molar-refractivity contribution is 0.190. The molecule has 4 heteroatoms. The quantitative estimate of drug-likeness (QED) is 0.628. The van der Waals surface area contributed by atoms with E-state index in [1.165, 1.54) is 0 Å². The molecule has 0 aromatic rings. The van der Waals surface area contributed by atoms with Gasteiger partial charge in [0, 0.05) is 35.5 Å². The van der Waals surface area contributed by atoms with Gasteiger partial charge in [-0.3, -0.25) is 4.21 Å². The predicted octanol–water partition coefficient (Wildman–Crippen LogP) is 0.133. The Labute approximate surface area is 76.3 Å². The summed E-state index contributed by atoms with van der Waals surface area (Å²) in [7, 11) is -0.640. The Balaban J connectivity index is 1.91. The van der Waals surface area contributed by atoms with Crippen LogP contribution in [0.1, 0.15) is 12.8 Å². The first-order chi connectivity index (χ1) is 5.79. The Bertz CT molecular complexity index is 146. The van der Waals surface area contributed by atoms with Gasteiger partial charge in [-0.05, 0) is 19.4 Å². The van der Waals surface area contributed by atoms with Crippen molar-refractivity contribution < 1.29 is 8.95 Å². The first-order valence-electron chi connectivity index (χ1n) is 4.40. The van der Waals surface area contributed by atoms with E-state index in [-0.39, 0.29) is 0 Å².